The van der Waals surface area contributed by atoms with Crippen molar-refractivity contribution in [2.45, 2.75) is 32.0 Å². The normalized spacial score (nSPS) is 20.9. The monoisotopic (exact) mass is 231 g/mol. The highest BCUT2D eigenvalue weighted by Crippen LogP contribution is 2.26. The molecule has 4 nitrogen and oxygen atoms in total. The van der Waals surface area contributed by atoms with Crippen molar-refractivity contribution in [2.24, 2.45) is 5.73 Å². The third-order valence-electron chi connectivity index (χ3n) is 3.34. The number of hydrogen-bond acceptors (Lipinski definition) is 3. The number of ether oxygens (including phenoxy) is 1. The number of nitrogens with two attached hydrogens (primary N) is 1. The predicted molar refractivity (Wildman–Crippen MR) is 66.5 cm³/mol. The standard InChI is InChI=1S/C13H17N3O/c14-8-10-4-5-12-11(7-10)15-9-16(12)13-3-1-2-6-17-13/h4-5,7,9,13H,1-3,6,8,14H2. The molecule has 0 amide bonds. The van der Waals surface area contributed by atoms with Gasteiger partial charge in [0.1, 0.15) is 6.23 Å². The summed E-state index contributed by atoms with van der Waals surface area (Å²) in [5.41, 5.74) is 8.88. The maximum atomic E-state index is 5.79. The number of aromatic nitrogens is 2. The van der Waals surface area contributed by atoms with E-state index in [1.807, 2.05) is 6.33 Å². The second-order valence-electron chi connectivity index (χ2n) is 4.50. The van der Waals surface area contributed by atoms with Gasteiger partial charge >= 0.3 is 0 Å². The lowest BCUT2D eigenvalue weighted by atomic mass is 10.1. The van der Waals surface area contributed by atoms with Crippen LogP contribution in [-0.2, 0) is 11.3 Å². The van der Waals surface area contributed by atoms with E-state index in [-0.39, 0.29) is 6.23 Å². The molecule has 0 radical (unpaired) electrons. The van der Waals surface area contributed by atoms with Gasteiger partial charge in [0, 0.05) is 13.2 Å². The summed E-state index contributed by atoms with van der Waals surface area (Å²) in [5, 5.41) is 0. The van der Waals surface area contributed by atoms with Crippen LogP contribution in [0.2, 0.25) is 0 Å². The molecule has 0 saturated carbocycles. The third-order valence-corrected chi connectivity index (χ3v) is 3.34. The van der Waals surface area contributed by atoms with Crippen molar-refractivity contribution in [2.75, 3.05) is 6.61 Å². The molecule has 2 N–H and O–H groups in total. The van der Waals surface area contributed by atoms with E-state index >= 15 is 0 Å². The molecule has 0 aliphatic carbocycles. The lowest BCUT2D eigenvalue weighted by Crippen LogP contribution is -2.17. The van der Waals surface area contributed by atoms with E-state index in [9.17, 15) is 0 Å². The molecule has 1 aliphatic rings. The van der Waals surface area contributed by atoms with Crippen LogP contribution in [0.5, 0.6) is 0 Å². The maximum absolute atomic E-state index is 5.79. The first-order valence-electron chi connectivity index (χ1n) is 6.15. The van der Waals surface area contributed by atoms with Crippen molar-refractivity contribution in [1.82, 2.24) is 9.55 Å². The molecular formula is C13H17N3O. The smallest absolute Gasteiger partial charge is 0.135 e. The fourth-order valence-corrected chi connectivity index (χ4v) is 2.38. The summed E-state index contributed by atoms with van der Waals surface area (Å²) < 4.78 is 7.92. The van der Waals surface area contributed by atoms with Crippen LogP contribution in [0.3, 0.4) is 0 Å². The van der Waals surface area contributed by atoms with Gasteiger partial charge in [-0.05, 0) is 37.0 Å². The van der Waals surface area contributed by atoms with Crippen LogP contribution in [0.1, 0.15) is 31.1 Å². The molecule has 1 aliphatic heterocycles. The first kappa shape index (κ1) is 10.7. The minimum atomic E-state index is 0.150. The highest BCUT2D eigenvalue weighted by molar-refractivity contribution is 5.76. The van der Waals surface area contributed by atoms with Gasteiger partial charge < -0.3 is 15.0 Å². The Bertz CT molecular complexity index is 514. The van der Waals surface area contributed by atoms with Crippen LogP contribution in [0.15, 0.2) is 24.5 Å². The summed E-state index contributed by atoms with van der Waals surface area (Å²) >= 11 is 0. The van der Waals surface area contributed by atoms with E-state index < -0.39 is 0 Å². The van der Waals surface area contributed by atoms with Crippen molar-refractivity contribution in [3.05, 3.63) is 30.1 Å². The van der Waals surface area contributed by atoms with Gasteiger partial charge in [0.05, 0.1) is 17.4 Å². The Morgan fingerprint density at radius 2 is 2.35 bits per heavy atom. The summed E-state index contributed by atoms with van der Waals surface area (Å²) in [4.78, 5) is 4.43. The lowest BCUT2D eigenvalue weighted by Gasteiger charge is -2.24. The Kier molecular flexibility index (Phi) is 2.82. The first-order chi connectivity index (χ1) is 8.38. The van der Waals surface area contributed by atoms with Crippen molar-refractivity contribution in [3.8, 4) is 0 Å². The van der Waals surface area contributed by atoms with Crippen molar-refractivity contribution in [3.63, 3.8) is 0 Å². The Balaban J connectivity index is 1.99. The number of fused-ring (bicyclic) bond motifs is 1. The van der Waals surface area contributed by atoms with Gasteiger partial charge in [0.2, 0.25) is 0 Å². The first-order valence-corrected chi connectivity index (χ1v) is 6.15. The molecule has 17 heavy (non-hydrogen) atoms. The second kappa shape index (κ2) is 4.47. The number of nitrogens with zero attached hydrogens (tertiary/aromatic N) is 2. The van der Waals surface area contributed by atoms with Crippen LogP contribution in [0, 0.1) is 0 Å². The van der Waals surface area contributed by atoms with Gasteiger partial charge in [-0.25, -0.2) is 4.98 Å². The summed E-state index contributed by atoms with van der Waals surface area (Å²) in [6.07, 6.45) is 5.49. The second-order valence-corrected chi connectivity index (χ2v) is 4.50. The van der Waals surface area contributed by atoms with Crippen LogP contribution >= 0.6 is 0 Å². The molecule has 1 saturated heterocycles. The minimum Gasteiger partial charge on any atom is -0.358 e. The molecule has 1 aromatic carbocycles. The molecule has 0 bridgehead atoms. The largest absolute Gasteiger partial charge is 0.358 e. The third kappa shape index (κ3) is 1.94. The summed E-state index contributed by atoms with van der Waals surface area (Å²) in [5.74, 6) is 0. The van der Waals surface area contributed by atoms with E-state index in [4.69, 9.17) is 10.5 Å². The van der Waals surface area contributed by atoms with Gasteiger partial charge in [-0.1, -0.05) is 6.07 Å². The molecule has 4 heteroatoms. The average molecular weight is 231 g/mol. The SMILES string of the molecule is NCc1ccc2c(c1)ncn2C1CCCCO1. The van der Waals surface area contributed by atoms with Gasteiger partial charge in [0.15, 0.2) is 0 Å². The van der Waals surface area contributed by atoms with Crippen LogP contribution in [-0.4, -0.2) is 16.2 Å². The highest BCUT2D eigenvalue weighted by atomic mass is 16.5. The fourth-order valence-electron chi connectivity index (χ4n) is 2.38. The average Bonchev–Trinajstić information content (AvgIpc) is 2.82. The van der Waals surface area contributed by atoms with Gasteiger partial charge in [-0.15, -0.1) is 0 Å². The zero-order chi connectivity index (χ0) is 11.7. The fraction of sp³-hybridized carbons (Fsp3) is 0.462. The minimum absolute atomic E-state index is 0.150. The zero-order valence-corrected chi connectivity index (χ0v) is 9.80. The number of rotatable bonds is 2. The number of hydrogen-bond donors (Lipinski definition) is 1. The summed E-state index contributed by atoms with van der Waals surface area (Å²) in [7, 11) is 0. The van der Waals surface area contributed by atoms with Crippen LogP contribution in [0.25, 0.3) is 11.0 Å². The molecule has 2 heterocycles. The van der Waals surface area contributed by atoms with Crippen molar-refractivity contribution >= 4 is 11.0 Å². The Labute approximate surface area is 100 Å². The van der Waals surface area contributed by atoms with Gasteiger partial charge in [-0.2, -0.15) is 0 Å². The van der Waals surface area contributed by atoms with E-state index in [1.54, 1.807) is 0 Å². The molecule has 1 atom stereocenters. The quantitative estimate of drug-likeness (QED) is 0.862. The van der Waals surface area contributed by atoms with E-state index in [0.717, 1.165) is 29.6 Å². The molecule has 1 unspecified atom stereocenters. The molecule has 0 spiro atoms. The maximum Gasteiger partial charge on any atom is 0.135 e. The molecular weight excluding hydrogens is 214 g/mol. The summed E-state index contributed by atoms with van der Waals surface area (Å²) in [6, 6.07) is 6.19. The van der Waals surface area contributed by atoms with Crippen molar-refractivity contribution < 1.29 is 4.74 Å². The predicted octanol–water partition coefficient (Wildman–Crippen LogP) is 2.19. The molecule has 3 rings (SSSR count). The zero-order valence-electron chi connectivity index (χ0n) is 9.80. The van der Waals surface area contributed by atoms with E-state index in [2.05, 4.69) is 27.8 Å². The van der Waals surface area contributed by atoms with E-state index in [0.29, 0.717) is 6.54 Å². The lowest BCUT2D eigenvalue weighted by molar-refractivity contribution is -0.0295. The highest BCUT2D eigenvalue weighted by Gasteiger charge is 2.17. The molecule has 1 fully saturated rings. The topological polar surface area (TPSA) is 53.1 Å². The number of imidazole rings is 1. The van der Waals surface area contributed by atoms with Crippen LogP contribution in [0.4, 0.5) is 0 Å². The van der Waals surface area contributed by atoms with Crippen molar-refractivity contribution in [1.29, 1.82) is 0 Å². The van der Waals surface area contributed by atoms with Gasteiger partial charge in [-0.3, -0.25) is 0 Å². The molecule has 90 valence electrons. The summed E-state index contributed by atoms with van der Waals surface area (Å²) in [6.45, 7) is 1.41. The Hall–Kier alpha value is -1.39. The molecule has 2 aromatic rings. The Morgan fingerprint density at radius 3 is 3.12 bits per heavy atom. The Morgan fingerprint density at radius 1 is 1.41 bits per heavy atom. The number of benzene rings is 1. The van der Waals surface area contributed by atoms with Crippen LogP contribution < -0.4 is 5.73 Å². The molecule has 1 aromatic heterocycles. The van der Waals surface area contributed by atoms with Gasteiger partial charge in [0.25, 0.3) is 0 Å². The van der Waals surface area contributed by atoms with E-state index in [1.165, 1.54) is 12.8 Å².